The lowest BCUT2D eigenvalue weighted by atomic mass is 9.91. The zero-order valence-corrected chi connectivity index (χ0v) is 20.4. The van der Waals surface area contributed by atoms with Gasteiger partial charge in [-0.25, -0.2) is 4.79 Å². The number of hydrogen-bond acceptors (Lipinski definition) is 5. The quantitative estimate of drug-likeness (QED) is 0.217. The maximum Gasteiger partial charge on any atom is 0.338 e. The number of ether oxygens (including phenoxy) is 2. The fourth-order valence-electron chi connectivity index (χ4n) is 5.13. The summed E-state index contributed by atoms with van der Waals surface area (Å²) in [6, 6.07) is 17.3. The molecule has 2 aromatic carbocycles. The van der Waals surface area contributed by atoms with Crippen molar-refractivity contribution in [3.63, 3.8) is 0 Å². The molecule has 0 bridgehead atoms. The zero-order chi connectivity index (χ0) is 24.6. The standard InChI is InChI=1S/C30H34O5/c1-2-3-4-5-9-12-24(31)17-18-25-26-19-29(32)34-28(26)20-27(25)35-30(33)23-15-13-22(14-16-23)21-10-7-6-8-11-21/h6-8,10-11,13-18,25-28H,2-5,9,12,19-20H2,1H3/t25-,26-,27-,28+/m1/s1. The molecule has 1 aliphatic heterocycles. The van der Waals surface area contributed by atoms with Crippen LogP contribution in [0.15, 0.2) is 66.7 Å². The Hall–Kier alpha value is -3.21. The van der Waals surface area contributed by atoms with E-state index in [9.17, 15) is 14.4 Å². The number of carbonyl (C=O) groups is 3. The molecule has 0 radical (unpaired) electrons. The van der Waals surface area contributed by atoms with Gasteiger partial charge in [0.15, 0.2) is 5.78 Å². The molecule has 1 saturated heterocycles. The molecule has 4 rings (SSSR count). The summed E-state index contributed by atoms with van der Waals surface area (Å²) in [7, 11) is 0. The third kappa shape index (κ3) is 6.47. The molecule has 4 atom stereocenters. The summed E-state index contributed by atoms with van der Waals surface area (Å²) in [6.07, 6.45) is 9.54. The van der Waals surface area contributed by atoms with Crippen molar-refractivity contribution in [3.05, 3.63) is 72.3 Å². The SMILES string of the molecule is CCCCCCCC(=O)C=C[C@@H]1[C@H]2CC(=O)O[C@H]2C[C@H]1OC(=O)c1ccc(-c2ccccc2)cc1. The lowest BCUT2D eigenvalue weighted by molar-refractivity contribution is -0.141. The molecule has 5 nitrogen and oxygen atoms in total. The fourth-order valence-corrected chi connectivity index (χ4v) is 5.13. The minimum atomic E-state index is -0.423. The van der Waals surface area contributed by atoms with Crippen LogP contribution in [-0.4, -0.2) is 29.9 Å². The van der Waals surface area contributed by atoms with Crippen LogP contribution in [0.3, 0.4) is 0 Å². The highest BCUT2D eigenvalue weighted by molar-refractivity contribution is 5.91. The van der Waals surface area contributed by atoms with Gasteiger partial charge in [-0.15, -0.1) is 0 Å². The van der Waals surface area contributed by atoms with Crippen molar-refractivity contribution in [3.8, 4) is 11.1 Å². The van der Waals surface area contributed by atoms with Crippen molar-refractivity contribution in [2.75, 3.05) is 0 Å². The lowest BCUT2D eigenvalue weighted by Crippen LogP contribution is -2.25. The number of benzene rings is 2. The number of hydrogen-bond donors (Lipinski definition) is 0. The Morgan fingerprint density at radius 2 is 1.69 bits per heavy atom. The van der Waals surface area contributed by atoms with Crippen molar-refractivity contribution >= 4 is 17.7 Å². The molecule has 2 fully saturated rings. The number of esters is 2. The Bertz CT molecular complexity index is 1040. The van der Waals surface area contributed by atoms with E-state index < -0.39 is 12.1 Å². The van der Waals surface area contributed by atoms with Crippen LogP contribution in [0.4, 0.5) is 0 Å². The molecule has 0 spiro atoms. The average molecular weight is 475 g/mol. The average Bonchev–Trinajstić information content (AvgIpc) is 3.38. The highest BCUT2D eigenvalue weighted by Crippen LogP contribution is 2.43. The van der Waals surface area contributed by atoms with E-state index in [4.69, 9.17) is 9.47 Å². The predicted molar refractivity (Wildman–Crippen MR) is 135 cm³/mol. The Balaban J connectivity index is 1.38. The molecular formula is C30H34O5. The third-order valence-corrected chi connectivity index (χ3v) is 7.07. The third-order valence-electron chi connectivity index (χ3n) is 7.07. The maximum atomic E-state index is 12.9. The summed E-state index contributed by atoms with van der Waals surface area (Å²) in [6.45, 7) is 2.17. The smallest absolute Gasteiger partial charge is 0.338 e. The molecule has 2 aromatic rings. The predicted octanol–water partition coefficient (Wildman–Crippen LogP) is 6.32. The minimum absolute atomic E-state index is 0.0608. The zero-order valence-electron chi connectivity index (χ0n) is 20.4. The van der Waals surface area contributed by atoms with E-state index in [2.05, 4.69) is 6.92 Å². The first-order valence-corrected chi connectivity index (χ1v) is 12.8. The van der Waals surface area contributed by atoms with Crippen molar-refractivity contribution in [2.24, 2.45) is 11.8 Å². The van der Waals surface area contributed by atoms with Crippen LogP contribution < -0.4 is 0 Å². The fraction of sp³-hybridized carbons (Fsp3) is 0.433. The Morgan fingerprint density at radius 1 is 0.971 bits per heavy atom. The summed E-state index contributed by atoms with van der Waals surface area (Å²) in [5.41, 5.74) is 2.58. The van der Waals surface area contributed by atoms with E-state index in [1.165, 1.54) is 12.8 Å². The van der Waals surface area contributed by atoms with Gasteiger partial charge in [-0.1, -0.05) is 81.1 Å². The molecule has 1 heterocycles. The second kappa shape index (κ2) is 12.0. The summed E-state index contributed by atoms with van der Waals surface area (Å²) >= 11 is 0. The summed E-state index contributed by atoms with van der Waals surface area (Å²) in [4.78, 5) is 37.2. The minimum Gasteiger partial charge on any atom is -0.462 e. The lowest BCUT2D eigenvalue weighted by Gasteiger charge is -2.20. The van der Waals surface area contributed by atoms with E-state index in [1.807, 2.05) is 48.5 Å². The van der Waals surface area contributed by atoms with Crippen molar-refractivity contribution in [1.29, 1.82) is 0 Å². The number of ketones is 1. The van der Waals surface area contributed by atoms with Crippen molar-refractivity contribution in [2.45, 2.75) is 70.5 Å². The van der Waals surface area contributed by atoms with E-state index >= 15 is 0 Å². The maximum absolute atomic E-state index is 12.9. The normalized spacial score (nSPS) is 23.3. The molecule has 184 valence electrons. The number of rotatable bonds is 11. The Labute approximate surface area is 207 Å². The van der Waals surface area contributed by atoms with Crippen molar-refractivity contribution < 1.29 is 23.9 Å². The highest BCUT2D eigenvalue weighted by Gasteiger charge is 2.50. The molecule has 0 N–H and O–H groups in total. The molecule has 0 aromatic heterocycles. The molecule has 0 unspecified atom stereocenters. The monoisotopic (exact) mass is 474 g/mol. The Morgan fingerprint density at radius 3 is 2.43 bits per heavy atom. The highest BCUT2D eigenvalue weighted by atomic mass is 16.6. The van der Waals surface area contributed by atoms with E-state index in [0.717, 1.165) is 30.4 Å². The van der Waals surface area contributed by atoms with Gasteiger partial charge in [0.1, 0.15) is 12.2 Å². The summed E-state index contributed by atoms with van der Waals surface area (Å²) in [5.74, 6) is -0.808. The summed E-state index contributed by atoms with van der Waals surface area (Å²) < 4.78 is 11.4. The van der Waals surface area contributed by atoms with Gasteiger partial charge in [0.25, 0.3) is 0 Å². The number of unbranched alkanes of at least 4 members (excludes halogenated alkanes) is 4. The van der Waals surface area contributed by atoms with E-state index in [-0.39, 0.29) is 29.7 Å². The van der Waals surface area contributed by atoms with Crippen LogP contribution in [0.1, 0.15) is 68.6 Å². The molecule has 2 aliphatic rings. The molecular weight excluding hydrogens is 440 g/mol. The van der Waals surface area contributed by atoms with E-state index in [1.54, 1.807) is 18.2 Å². The van der Waals surface area contributed by atoms with Crippen LogP contribution in [0.25, 0.3) is 11.1 Å². The number of allylic oxidation sites excluding steroid dienone is 1. The molecule has 0 amide bonds. The topological polar surface area (TPSA) is 69.7 Å². The second-order valence-electron chi connectivity index (χ2n) is 9.59. The van der Waals surface area contributed by atoms with Gasteiger partial charge in [-0.2, -0.15) is 0 Å². The molecule has 1 aliphatic carbocycles. The van der Waals surface area contributed by atoms with Gasteiger partial charge in [0.05, 0.1) is 12.0 Å². The molecule has 35 heavy (non-hydrogen) atoms. The largest absolute Gasteiger partial charge is 0.462 e. The number of carbonyl (C=O) groups excluding carboxylic acids is 3. The van der Waals surface area contributed by atoms with Crippen LogP contribution in [0.5, 0.6) is 0 Å². The van der Waals surface area contributed by atoms with Gasteiger partial charge in [-0.3, -0.25) is 9.59 Å². The van der Waals surface area contributed by atoms with Crippen LogP contribution >= 0.6 is 0 Å². The van der Waals surface area contributed by atoms with Crippen LogP contribution in [-0.2, 0) is 19.1 Å². The van der Waals surface area contributed by atoms with Gasteiger partial charge >= 0.3 is 11.9 Å². The number of fused-ring (bicyclic) bond motifs is 1. The van der Waals surface area contributed by atoms with Crippen LogP contribution in [0.2, 0.25) is 0 Å². The van der Waals surface area contributed by atoms with Gasteiger partial charge in [-0.05, 0) is 35.8 Å². The van der Waals surface area contributed by atoms with Gasteiger partial charge in [0.2, 0.25) is 0 Å². The first-order valence-electron chi connectivity index (χ1n) is 12.8. The first kappa shape index (κ1) is 24.9. The first-order chi connectivity index (χ1) is 17.0. The molecule has 5 heteroatoms. The molecule has 1 saturated carbocycles. The summed E-state index contributed by atoms with van der Waals surface area (Å²) in [5, 5.41) is 0. The van der Waals surface area contributed by atoms with E-state index in [0.29, 0.717) is 24.8 Å². The van der Waals surface area contributed by atoms with Crippen molar-refractivity contribution in [1.82, 2.24) is 0 Å². The Kier molecular flexibility index (Phi) is 8.51. The van der Waals surface area contributed by atoms with Gasteiger partial charge in [0, 0.05) is 24.7 Å². The van der Waals surface area contributed by atoms with Gasteiger partial charge < -0.3 is 9.47 Å². The second-order valence-corrected chi connectivity index (χ2v) is 9.59. The van der Waals surface area contributed by atoms with Crippen LogP contribution in [0, 0.1) is 11.8 Å².